The Bertz CT molecular complexity index is 1090. The van der Waals surface area contributed by atoms with Crippen molar-refractivity contribution in [2.75, 3.05) is 7.11 Å². The molecular formula is C24H19BrFNO3. The van der Waals surface area contributed by atoms with Crippen molar-refractivity contribution in [3.63, 3.8) is 0 Å². The summed E-state index contributed by atoms with van der Waals surface area (Å²) in [6.45, 7) is 0.240. The fourth-order valence-electron chi connectivity index (χ4n) is 3.66. The van der Waals surface area contributed by atoms with Crippen LogP contribution in [0, 0.1) is 5.82 Å². The first kappa shape index (κ1) is 20.2. The van der Waals surface area contributed by atoms with Crippen LogP contribution in [0.25, 0.3) is 5.57 Å². The highest BCUT2D eigenvalue weighted by molar-refractivity contribution is 9.10. The molecule has 0 spiro atoms. The molecule has 0 bridgehead atoms. The Labute approximate surface area is 182 Å². The number of aliphatic hydroxyl groups excluding tert-OH is 1. The van der Waals surface area contributed by atoms with E-state index in [2.05, 4.69) is 15.9 Å². The number of ether oxygens (including phenoxy) is 1. The number of methoxy groups -OCH3 is 1. The molecule has 1 unspecified atom stereocenters. The van der Waals surface area contributed by atoms with E-state index < -0.39 is 11.9 Å². The van der Waals surface area contributed by atoms with Crippen molar-refractivity contribution >= 4 is 27.4 Å². The monoisotopic (exact) mass is 467 g/mol. The summed E-state index contributed by atoms with van der Waals surface area (Å²) in [5, 5.41) is 10.8. The largest absolute Gasteiger partial charge is 0.503 e. The van der Waals surface area contributed by atoms with Gasteiger partial charge in [0.05, 0.1) is 13.2 Å². The molecular weight excluding hydrogens is 449 g/mol. The second-order valence-electron chi connectivity index (χ2n) is 7.00. The van der Waals surface area contributed by atoms with Gasteiger partial charge in [0.15, 0.2) is 5.76 Å². The molecule has 1 heterocycles. The molecule has 4 rings (SSSR count). The van der Waals surface area contributed by atoms with E-state index in [-0.39, 0.29) is 18.1 Å². The fourth-order valence-corrected chi connectivity index (χ4v) is 3.92. The SMILES string of the molecule is COc1ccc(C2=C(O)C(=O)N(Cc3ccc(F)cc3)C2c2ccc(Br)cc2)cc1. The lowest BCUT2D eigenvalue weighted by Crippen LogP contribution is -2.29. The maximum absolute atomic E-state index is 13.3. The van der Waals surface area contributed by atoms with E-state index in [1.165, 1.54) is 12.1 Å². The molecule has 6 heteroatoms. The Kier molecular flexibility index (Phi) is 5.59. The molecule has 0 radical (unpaired) electrons. The molecule has 1 atom stereocenters. The number of amides is 1. The summed E-state index contributed by atoms with van der Waals surface area (Å²) in [5.74, 6) is -0.393. The molecule has 3 aromatic carbocycles. The van der Waals surface area contributed by atoms with Crippen LogP contribution in [0.4, 0.5) is 4.39 Å². The molecule has 0 aromatic heterocycles. The molecule has 152 valence electrons. The highest BCUT2D eigenvalue weighted by atomic mass is 79.9. The molecule has 1 amide bonds. The molecule has 1 aliphatic rings. The maximum Gasteiger partial charge on any atom is 0.290 e. The lowest BCUT2D eigenvalue weighted by Gasteiger charge is -2.27. The van der Waals surface area contributed by atoms with Gasteiger partial charge in [0.1, 0.15) is 11.6 Å². The Hall–Kier alpha value is -3.12. The second-order valence-corrected chi connectivity index (χ2v) is 7.92. The minimum atomic E-state index is -0.482. The van der Waals surface area contributed by atoms with Crippen LogP contribution in [-0.4, -0.2) is 23.0 Å². The van der Waals surface area contributed by atoms with Gasteiger partial charge in [-0.3, -0.25) is 4.79 Å². The Balaban J connectivity index is 1.79. The van der Waals surface area contributed by atoms with Crippen molar-refractivity contribution in [1.82, 2.24) is 4.90 Å². The van der Waals surface area contributed by atoms with Gasteiger partial charge in [-0.05, 0) is 53.1 Å². The third-order valence-electron chi connectivity index (χ3n) is 5.16. The summed E-state index contributed by atoms with van der Waals surface area (Å²) in [7, 11) is 1.58. The first-order chi connectivity index (χ1) is 14.5. The van der Waals surface area contributed by atoms with Crippen LogP contribution in [0.5, 0.6) is 5.75 Å². The number of halogens is 2. The van der Waals surface area contributed by atoms with Crippen LogP contribution in [0.1, 0.15) is 22.7 Å². The smallest absolute Gasteiger partial charge is 0.290 e. The topological polar surface area (TPSA) is 49.8 Å². The van der Waals surface area contributed by atoms with E-state index >= 15 is 0 Å². The van der Waals surface area contributed by atoms with E-state index in [9.17, 15) is 14.3 Å². The van der Waals surface area contributed by atoms with Crippen molar-refractivity contribution in [2.24, 2.45) is 0 Å². The molecule has 30 heavy (non-hydrogen) atoms. The summed E-state index contributed by atoms with van der Waals surface area (Å²) in [5.41, 5.74) is 2.91. The quantitative estimate of drug-likeness (QED) is 0.527. The number of hydrogen-bond acceptors (Lipinski definition) is 3. The number of rotatable bonds is 5. The molecule has 1 N–H and O–H groups in total. The van der Waals surface area contributed by atoms with Crippen LogP contribution >= 0.6 is 15.9 Å². The Morgan fingerprint density at radius 3 is 2.23 bits per heavy atom. The average Bonchev–Trinajstić information content (AvgIpc) is 3.01. The van der Waals surface area contributed by atoms with E-state index in [0.29, 0.717) is 11.3 Å². The summed E-state index contributed by atoms with van der Waals surface area (Å²) < 4.78 is 19.5. The van der Waals surface area contributed by atoms with E-state index in [0.717, 1.165) is 21.2 Å². The molecule has 3 aromatic rings. The molecule has 1 aliphatic heterocycles. The normalized spacial score (nSPS) is 16.3. The van der Waals surface area contributed by atoms with Crippen molar-refractivity contribution in [2.45, 2.75) is 12.6 Å². The van der Waals surface area contributed by atoms with Gasteiger partial charge in [0.25, 0.3) is 5.91 Å². The van der Waals surface area contributed by atoms with Gasteiger partial charge in [0, 0.05) is 16.6 Å². The van der Waals surface area contributed by atoms with Crippen LogP contribution in [0.2, 0.25) is 0 Å². The van der Waals surface area contributed by atoms with Crippen molar-refractivity contribution in [3.8, 4) is 5.75 Å². The van der Waals surface area contributed by atoms with Crippen LogP contribution in [-0.2, 0) is 11.3 Å². The maximum atomic E-state index is 13.3. The predicted molar refractivity (Wildman–Crippen MR) is 116 cm³/mol. The Morgan fingerprint density at radius 2 is 1.63 bits per heavy atom. The van der Waals surface area contributed by atoms with Crippen LogP contribution < -0.4 is 4.74 Å². The summed E-state index contributed by atoms with van der Waals surface area (Å²) in [6.07, 6.45) is 0. The van der Waals surface area contributed by atoms with E-state index in [4.69, 9.17) is 4.74 Å². The van der Waals surface area contributed by atoms with Crippen molar-refractivity contribution in [3.05, 3.63) is 106 Å². The van der Waals surface area contributed by atoms with Gasteiger partial charge < -0.3 is 14.7 Å². The first-order valence-electron chi connectivity index (χ1n) is 9.36. The highest BCUT2D eigenvalue weighted by Gasteiger charge is 2.41. The second kappa shape index (κ2) is 8.32. The summed E-state index contributed by atoms with van der Waals surface area (Å²) in [6, 6.07) is 20.4. The van der Waals surface area contributed by atoms with Gasteiger partial charge >= 0.3 is 0 Å². The number of benzene rings is 3. The number of carbonyl (C=O) groups is 1. The van der Waals surface area contributed by atoms with Gasteiger partial charge in [-0.1, -0.05) is 52.3 Å². The van der Waals surface area contributed by atoms with Crippen LogP contribution in [0.3, 0.4) is 0 Å². The molecule has 0 saturated heterocycles. The number of carbonyl (C=O) groups excluding carboxylic acids is 1. The predicted octanol–water partition coefficient (Wildman–Crippen LogP) is 5.65. The van der Waals surface area contributed by atoms with E-state index in [1.807, 2.05) is 36.4 Å². The lowest BCUT2D eigenvalue weighted by molar-refractivity contribution is -0.130. The zero-order valence-corrected chi connectivity index (χ0v) is 17.8. The van der Waals surface area contributed by atoms with Crippen molar-refractivity contribution in [1.29, 1.82) is 0 Å². The molecule has 0 fully saturated rings. The molecule has 4 nitrogen and oxygen atoms in total. The summed E-state index contributed by atoms with van der Waals surface area (Å²) in [4.78, 5) is 14.6. The highest BCUT2D eigenvalue weighted by Crippen LogP contribution is 2.44. The zero-order chi connectivity index (χ0) is 21.3. The Morgan fingerprint density at radius 1 is 1.00 bits per heavy atom. The first-order valence-corrected chi connectivity index (χ1v) is 10.2. The van der Waals surface area contributed by atoms with Crippen LogP contribution in [0.15, 0.2) is 83.0 Å². The van der Waals surface area contributed by atoms with Gasteiger partial charge in [-0.2, -0.15) is 0 Å². The third-order valence-corrected chi connectivity index (χ3v) is 5.69. The molecule has 0 aliphatic carbocycles. The lowest BCUT2D eigenvalue weighted by atomic mass is 9.93. The fraction of sp³-hybridized carbons (Fsp3) is 0.125. The number of nitrogens with zero attached hydrogens (tertiary/aromatic N) is 1. The number of aliphatic hydroxyl groups is 1. The van der Waals surface area contributed by atoms with Crippen molar-refractivity contribution < 1.29 is 19.0 Å². The van der Waals surface area contributed by atoms with E-state index in [1.54, 1.807) is 36.3 Å². The van der Waals surface area contributed by atoms with Gasteiger partial charge in [-0.15, -0.1) is 0 Å². The molecule has 0 saturated carbocycles. The number of hydrogen-bond donors (Lipinski definition) is 1. The zero-order valence-electron chi connectivity index (χ0n) is 16.2. The standard InChI is InChI=1S/C24H19BrFNO3/c1-30-20-12-6-16(7-13-20)21-22(17-4-8-18(25)9-5-17)27(24(29)23(21)28)14-15-2-10-19(26)11-3-15/h2-13,22,28H,14H2,1H3. The third kappa shape index (κ3) is 3.83. The van der Waals surface area contributed by atoms with Gasteiger partial charge in [0.2, 0.25) is 0 Å². The average molecular weight is 468 g/mol. The van der Waals surface area contributed by atoms with Gasteiger partial charge in [-0.25, -0.2) is 4.39 Å². The summed E-state index contributed by atoms with van der Waals surface area (Å²) >= 11 is 3.44. The minimum absolute atomic E-state index is 0.240. The minimum Gasteiger partial charge on any atom is -0.503 e.